The Morgan fingerprint density at radius 2 is 1.08 bits per heavy atom. The molecule has 2 amide bonds. The van der Waals surface area contributed by atoms with Gasteiger partial charge in [0.1, 0.15) is 11.8 Å². The van der Waals surface area contributed by atoms with Crippen molar-refractivity contribution < 1.29 is 89.0 Å². The molecular weight excluding hydrogens is 711 g/mol. The maximum atomic E-state index is 14.2. The molecule has 0 aliphatic carbocycles. The molecule has 0 aliphatic rings. The monoisotopic (exact) mass is 738 g/mol. The Bertz CT molecular complexity index is 1320. The van der Waals surface area contributed by atoms with Gasteiger partial charge in [-0.1, -0.05) is 13.8 Å². The van der Waals surface area contributed by atoms with Gasteiger partial charge in [-0.05, 0) is 43.0 Å². The number of hydrogen-bond donors (Lipinski definition) is 1. The van der Waals surface area contributed by atoms with E-state index < -0.39 is 90.2 Å². The second kappa shape index (κ2) is 13.2. The fourth-order valence-electron chi connectivity index (χ4n) is 4.22. The van der Waals surface area contributed by atoms with Gasteiger partial charge in [-0.15, -0.1) is 0 Å². The maximum absolute atomic E-state index is 14.2. The minimum absolute atomic E-state index is 0.0116. The van der Waals surface area contributed by atoms with Crippen LogP contribution in [0.25, 0.3) is 0 Å². The SMILES string of the molecule is CC(=O)N(C)[C@H](C(=O)Nc1cc(C)c(OCCC(F)(F)C(F)(F)C(F)(F)C(F)(F)C(F)(F)C(F)(F)C(F)(F)C(F)(F)F)c(C)c1)C(C)C. The van der Waals surface area contributed by atoms with Crippen LogP contribution in [0.15, 0.2) is 12.1 Å². The van der Waals surface area contributed by atoms with Gasteiger partial charge in [0, 0.05) is 19.7 Å². The first-order chi connectivity index (χ1) is 21.1. The average molecular weight is 738 g/mol. The molecule has 0 aliphatic heterocycles. The summed E-state index contributed by atoms with van der Waals surface area (Å²) in [5.74, 6) is -58.9. The van der Waals surface area contributed by atoms with Crippen LogP contribution in [0.3, 0.4) is 0 Å². The van der Waals surface area contributed by atoms with Crippen molar-refractivity contribution >= 4 is 17.5 Å². The number of likely N-dealkylation sites (N-methyl/N-ethyl adjacent to an activating group) is 1. The average Bonchev–Trinajstić information content (AvgIpc) is 2.88. The van der Waals surface area contributed by atoms with E-state index in [0.29, 0.717) is 0 Å². The molecule has 1 N–H and O–H groups in total. The zero-order chi connectivity index (χ0) is 38.4. The third-order valence-electron chi connectivity index (χ3n) is 6.99. The molecule has 1 atom stereocenters. The lowest BCUT2D eigenvalue weighted by Gasteiger charge is -2.42. The van der Waals surface area contributed by atoms with Gasteiger partial charge in [0.05, 0.1) is 13.0 Å². The first kappa shape index (κ1) is 42.8. The smallest absolute Gasteiger partial charge is 0.460 e. The second-order valence-electron chi connectivity index (χ2n) is 11.0. The summed E-state index contributed by atoms with van der Waals surface area (Å²) in [6.45, 7) is 4.96. The van der Waals surface area contributed by atoms with E-state index >= 15 is 0 Å². The Kier molecular flexibility index (Phi) is 11.8. The highest BCUT2D eigenvalue weighted by atomic mass is 19.4. The van der Waals surface area contributed by atoms with Crippen LogP contribution in [-0.2, 0) is 9.59 Å². The Hall–Kier alpha value is -3.23. The molecule has 22 heteroatoms. The van der Waals surface area contributed by atoms with Crippen molar-refractivity contribution in [3.63, 3.8) is 0 Å². The number of ether oxygens (including phenoxy) is 1. The molecule has 0 saturated carbocycles. The topological polar surface area (TPSA) is 58.6 Å². The number of nitrogens with one attached hydrogen (secondary N) is 1. The van der Waals surface area contributed by atoms with Gasteiger partial charge in [0.25, 0.3) is 0 Å². The fourth-order valence-corrected chi connectivity index (χ4v) is 4.22. The molecule has 0 unspecified atom stereocenters. The highest BCUT2D eigenvalue weighted by Gasteiger charge is 2.95. The van der Waals surface area contributed by atoms with Crippen LogP contribution in [0.5, 0.6) is 5.75 Å². The Morgan fingerprint density at radius 1 is 0.708 bits per heavy atom. The minimum Gasteiger partial charge on any atom is -0.493 e. The minimum atomic E-state index is -8.69. The number of rotatable bonds is 14. The van der Waals surface area contributed by atoms with Crippen LogP contribution in [0, 0.1) is 19.8 Å². The normalized spacial score (nSPS) is 15.0. The van der Waals surface area contributed by atoms with E-state index in [4.69, 9.17) is 4.74 Å². The lowest BCUT2D eigenvalue weighted by molar-refractivity contribution is -0.461. The van der Waals surface area contributed by atoms with Crippen molar-refractivity contribution in [3.8, 4) is 5.75 Å². The number of amides is 2. The highest BCUT2D eigenvalue weighted by Crippen LogP contribution is 2.64. The van der Waals surface area contributed by atoms with Crippen molar-refractivity contribution in [3.05, 3.63) is 23.3 Å². The van der Waals surface area contributed by atoms with Gasteiger partial charge < -0.3 is 15.0 Å². The highest BCUT2D eigenvalue weighted by molar-refractivity contribution is 5.97. The number of aryl methyl sites for hydroxylation is 2. The van der Waals surface area contributed by atoms with Crippen molar-refractivity contribution in [2.75, 3.05) is 19.0 Å². The summed E-state index contributed by atoms with van der Waals surface area (Å²) >= 11 is 0. The molecule has 1 aromatic rings. The van der Waals surface area contributed by atoms with E-state index in [1.54, 1.807) is 13.8 Å². The summed E-state index contributed by atoms with van der Waals surface area (Å²) in [5, 5.41) is 2.45. The van der Waals surface area contributed by atoms with Crippen molar-refractivity contribution in [2.45, 2.75) is 94.7 Å². The molecule has 5 nitrogen and oxygen atoms in total. The van der Waals surface area contributed by atoms with Crippen LogP contribution in [0.2, 0.25) is 0 Å². The summed E-state index contributed by atoms with van der Waals surface area (Å²) in [6.07, 6.45) is -10.6. The van der Waals surface area contributed by atoms with Gasteiger partial charge in [-0.25, -0.2) is 0 Å². The summed E-state index contributed by atoms with van der Waals surface area (Å²) in [5.41, 5.74) is -0.117. The molecule has 0 heterocycles. The van der Waals surface area contributed by atoms with Crippen molar-refractivity contribution in [1.82, 2.24) is 4.90 Å². The lowest BCUT2D eigenvalue weighted by atomic mass is 9.88. The summed E-state index contributed by atoms with van der Waals surface area (Å²) < 4.78 is 234. The molecule has 0 spiro atoms. The molecule has 0 fully saturated rings. The van der Waals surface area contributed by atoms with Gasteiger partial charge in [0.2, 0.25) is 11.8 Å². The van der Waals surface area contributed by atoms with Crippen LogP contribution in [-0.4, -0.2) is 84.0 Å². The number of halogens is 17. The standard InChI is InChI=1S/C26H27F17N2O3/c1-11(2)16(45(6)14(5)46)18(47)44-15-9-12(3)17(13(4)10-15)48-8-7-19(27,28)20(29,30)21(31,32)22(33,34)23(35,36)24(37,38)25(39,40)26(41,42)43/h9-11,16H,7-8H2,1-6H3,(H,44,47)/t16-/m0/s1. The third kappa shape index (κ3) is 7.07. The Balaban J connectivity index is 3.30. The Labute approximate surface area is 260 Å². The summed E-state index contributed by atoms with van der Waals surface area (Å²) in [4.78, 5) is 25.6. The number of alkyl halides is 17. The number of nitrogens with zero attached hydrogens (tertiary/aromatic N) is 1. The molecule has 0 saturated heterocycles. The molecule has 1 aromatic carbocycles. The van der Waals surface area contributed by atoms with E-state index in [9.17, 15) is 84.2 Å². The largest absolute Gasteiger partial charge is 0.493 e. The lowest BCUT2D eigenvalue weighted by Crippen LogP contribution is -2.74. The number of anilines is 1. The molecule has 0 radical (unpaired) electrons. The predicted octanol–water partition coefficient (Wildman–Crippen LogP) is 8.52. The maximum Gasteiger partial charge on any atom is 0.460 e. The number of hydrogen-bond acceptors (Lipinski definition) is 3. The van der Waals surface area contributed by atoms with E-state index in [1.165, 1.54) is 27.8 Å². The van der Waals surface area contributed by atoms with Gasteiger partial charge in [-0.2, -0.15) is 74.6 Å². The quantitative estimate of drug-likeness (QED) is 0.195. The van der Waals surface area contributed by atoms with Gasteiger partial charge in [0.15, 0.2) is 0 Å². The Morgan fingerprint density at radius 3 is 1.44 bits per heavy atom. The van der Waals surface area contributed by atoms with Gasteiger partial charge in [-0.3, -0.25) is 9.59 Å². The fraction of sp³-hybridized carbons (Fsp3) is 0.692. The van der Waals surface area contributed by atoms with Crippen molar-refractivity contribution in [2.24, 2.45) is 5.92 Å². The molecular formula is C26H27F17N2O3. The molecule has 0 bridgehead atoms. The number of benzene rings is 1. The first-order valence-corrected chi connectivity index (χ1v) is 13.1. The molecule has 48 heavy (non-hydrogen) atoms. The molecule has 0 aromatic heterocycles. The van der Waals surface area contributed by atoms with Crippen LogP contribution < -0.4 is 10.1 Å². The zero-order valence-electron chi connectivity index (χ0n) is 25.3. The van der Waals surface area contributed by atoms with E-state index in [1.807, 2.05) is 0 Å². The third-order valence-corrected chi connectivity index (χ3v) is 6.99. The zero-order valence-corrected chi connectivity index (χ0v) is 25.3. The van der Waals surface area contributed by atoms with Crippen LogP contribution in [0.4, 0.5) is 80.3 Å². The summed E-state index contributed by atoms with van der Waals surface area (Å²) in [6, 6.07) is 1.25. The predicted molar refractivity (Wildman–Crippen MR) is 132 cm³/mol. The molecule has 1 rings (SSSR count). The summed E-state index contributed by atoms with van der Waals surface area (Å²) in [7, 11) is 1.34. The molecule has 278 valence electrons. The number of carbonyl (C=O) groups is 2. The van der Waals surface area contributed by atoms with Crippen molar-refractivity contribution in [1.29, 1.82) is 0 Å². The number of carbonyl (C=O) groups excluding carboxylic acids is 2. The second-order valence-corrected chi connectivity index (χ2v) is 11.0. The van der Waals surface area contributed by atoms with E-state index in [-0.39, 0.29) is 16.8 Å². The van der Waals surface area contributed by atoms with E-state index in [2.05, 4.69) is 5.32 Å². The van der Waals surface area contributed by atoms with E-state index in [0.717, 1.165) is 17.0 Å². The van der Waals surface area contributed by atoms with Crippen LogP contribution in [0.1, 0.15) is 38.3 Å². The van der Waals surface area contributed by atoms with Crippen LogP contribution >= 0.6 is 0 Å². The first-order valence-electron chi connectivity index (χ1n) is 13.1. The van der Waals surface area contributed by atoms with Gasteiger partial charge >= 0.3 is 47.6 Å².